The van der Waals surface area contributed by atoms with Crippen LogP contribution in [0.1, 0.15) is 57.4 Å². The molecule has 0 bridgehead atoms. The number of aromatic nitrogens is 3. The summed E-state index contributed by atoms with van der Waals surface area (Å²) in [4.78, 5) is 27.4. The van der Waals surface area contributed by atoms with E-state index in [1.807, 2.05) is 37.4 Å². The fourth-order valence-electron chi connectivity index (χ4n) is 14.0. The molecule has 0 unspecified atom stereocenters. The van der Waals surface area contributed by atoms with E-state index in [1.165, 1.54) is 99.5 Å². The molecule has 9 aromatic carbocycles. The Morgan fingerprint density at radius 3 is 1.37 bits per heavy atom. The third-order valence-corrected chi connectivity index (χ3v) is 17.9. The quantitative estimate of drug-likeness (QED) is 0.0559. The zero-order chi connectivity index (χ0) is 59.0. The number of rotatable bonds is 14. The molecule has 3 aliphatic heterocycles. The van der Waals surface area contributed by atoms with Crippen LogP contribution in [-0.2, 0) is 39.8 Å². The lowest BCUT2D eigenvalue weighted by Gasteiger charge is -2.26. The van der Waals surface area contributed by atoms with E-state index in [2.05, 4.69) is 206 Å². The van der Waals surface area contributed by atoms with Crippen molar-refractivity contribution in [2.75, 3.05) is 68.6 Å². The molecule has 13 heteroatoms. The molecule has 1 amide bonds. The number of amides is 1. The van der Waals surface area contributed by atoms with Crippen LogP contribution in [0.2, 0.25) is 0 Å². The molecule has 0 saturated carbocycles. The number of nitriles is 1. The fourth-order valence-corrected chi connectivity index (χ4v) is 14.0. The maximum absolute atomic E-state index is 13.0. The van der Waals surface area contributed by atoms with Crippen LogP contribution in [0.3, 0.4) is 0 Å². The molecule has 15 rings (SSSR count). The standard InChI is InChI=1S/C25H22N4O.2C24H26N4/c1-28(14-8-13-26)23-20(16-9-4-3-5-10-16)18-15-27-25(30)22(18)21-17-11-6-7-12-19(17)29(2)24(21)23;2*1-28(13-7-12-25)24-21(16-8-3-2-4-9-16)18-14-26-15-19(18)22-17-10-5-6-11-20(17)27-23(22)24/h3-7,9-12H,8,14-15H2,1-2H3,(H,27,30);2*2-6,8-11,26-27H,7,12-15,25H2,1H3. The molecule has 0 atom stereocenters. The van der Waals surface area contributed by atoms with Crippen molar-refractivity contribution in [2.24, 2.45) is 18.5 Å². The van der Waals surface area contributed by atoms with Gasteiger partial charge >= 0.3 is 0 Å². The number of nitrogens with one attached hydrogen (secondary N) is 5. The number of nitrogens with two attached hydrogens (primary N) is 2. The van der Waals surface area contributed by atoms with Crippen LogP contribution in [0.15, 0.2) is 164 Å². The van der Waals surface area contributed by atoms with Crippen molar-refractivity contribution in [2.45, 2.75) is 52.0 Å². The van der Waals surface area contributed by atoms with Gasteiger partial charge in [0.2, 0.25) is 0 Å². The van der Waals surface area contributed by atoms with E-state index in [0.717, 1.165) is 102 Å². The smallest absolute Gasteiger partial charge is 0.252 e. The number of aryl methyl sites for hydroxylation is 1. The highest BCUT2D eigenvalue weighted by Gasteiger charge is 2.34. The summed E-state index contributed by atoms with van der Waals surface area (Å²) in [7, 11) is 8.47. The molecule has 0 aliphatic carbocycles. The number of carbonyl (C=O) groups excluding carboxylic acids is 1. The fraction of sp³-hybridized carbons (Fsp3) is 0.233. The monoisotopic (exact) mass is 1130 g/mol. The summed E-state index contributed by atoms with van der Waals surface area (Å²) < 4.78 is 2.18. The Hall–Kier alpha value is -9.42. The van der Waals surface area contributed by atoms with Gasteiger partial charge in [-0.05, 0) is 88.6 Å². The van der Waals surface area contributed by atoms with Crippen molar-refractivity contribution in [3.05, 3.63) is 197 Å². The number of carbonyl (C=O) groups is 1. The summed E-state index contributed by atoms with van der Waals surface area (Å²) in [6, 6.07) is 59.6. The van der Waals surface area contributed by atoms with Gasteiger partial charge in [0.25, 0.3) is 5.91 Å². The van der Waals surface area contributed by atoms with Gasteiger partial charge in [-0.2, -0.15) is 5.26 Å². The summed E-state index contributed by atoms with van der Waals surface area (Å²) in [6.07, 6.45) is 2.38. The summed E-state index contributed by atoms with van der Waals surface area (Å²) in [5.41, 5.74) is 37.2. The Labute approximate surface area is 502 Å². The number of fused-ring (bicyclic) bond motifs is 15. The van der Waals surface area contributed by atoms with Crippen molar-refractivity contribution < 1.29 is 4.79 Å². The number of para-hydroxylation sites is 3. The number of anilines is 3. The van der Waals surface area contributed by atoms with Crippen LogP contribution >= 0.6 is 0 Å². The van der Waals surface area contributed by atoms with Crippen molar-refractivity contribution in [1.29, 1.82) is 5.26 Å². The highest BCUT2D eigenvalue weighted by Crippen LogP contribution is 2.50. The molecule has 0 fully saturated rings. The van der Waals surface area contributed by atoms with Gasteiger partial charge in [-0.25, -0.2) is 0 Å². The van der Waals surface area contributed by atoms with Crippen molar-refractivity contribution in [1.82, 2.24) is 30.5 Å². The largest absolute Gasteiger partial charge is 0.372 e. The Morgan fingerprint density at radius 2 is 0.895 bits per heavy atom. The lowest BCUT2D eigenvalue weighted by Crippen LogP contribution is -2.22. The van der Waals surface area contributed by atoms with Crippen LogP contribution in [-0.4, -0.2) is 74.3 Å². The number of hydrogen-bond acceptors (Lipinski definition) is 9. The minimum absolute atomic E-state index is 0.0187. The number of hydrogen-bond donors (Lipinski definition) is 7. The topological polar surface area (TPSA) is 175 Å². The normalized spacial score (nSPS) is 13.2. The van der Waals surface area contributed by atoms with Gasteiger partial charge in [0.05, 0.1) is 51.7 Å². The molecular formula is C73H74N12O. The molecule has 0 saturated heterocycles. The molecule has 0 spiro atoms. The van der Waals surface area contributed by atoms with Gasteiger partial charge in [0.1, 0.15) is 0 Å². The zero-order valence-corrected chi connectivity index (χ0v) is 49.6. The summed E-state index contributed by atoms with van der Waals surface area (Å²) in [5.74, 6) is -0.0187. The van der Waals surface area contributed by atoms with E-state index in [4.69, 9.17) is 11.5 Å². The first-order valence-corrected chi connectivity index (χ1v) is 30.2. The first kappa shape index (κ1) is 55.8. The second-order valence-corrected chi connectivity index (χ2v) is 23.0. The Balaban J connectivity index is 0.000000120. The predicted molar refractivity (Wildman–Crippen MR) is 358 cm³/mol. The van der Waals surface area contributed by atoms with Crippen LogP contribution in [0.25, 0.3) is 98.8 Å². The molecule has 13 nitrogen and oxygen atoms in total. The number of nitrogens with zero attached hydrogens (tertiary/aromatic N) is 5. The molecule has 6 heterocycles. The minimum Gasteiger partial charge on any atom is -0.372 e. The van der Waals surface area contributed by atoms with E-state index in [1.54, 1.807) is 0 Å². The maximum Gasteiger partial charge on any atom is 0.252 e. The second-order valence-electron chi connectivity index (χ2n) is 23.0. The second kappa shape index (κ2) is 23.9. The molecule has 432 valence electrons. The van der Waals surface area contributed by atoms with E-state index in [9.17, 15) is 10.1 Å². The summed E-state index contributed by atoms with van der Waals surface area (Å²) in [5, 5.41) is 26.9. The minimum atomic E-state index is -0.0187. The van der Waals surface area contributed by atoms with Crippen LogP contribution in [0, 0.1) is 11.3 Å². The van der Waals surface area contributed by atoms with Gasteiger partial charge in [-0.3, -0.25) is 4.79 Å². The van der Waals surface area contributed by atoms with Crippen LogP contribution < -0.4 is 42.1 Å². The Bertz CT molecular complexity index is 4370. The van der Waals surface area contributed by atoms with Crippen LogP contribution in [0.4, 0.5) is 17.1 Å². The van der Waals surface area contributed by atoms with Gasteiger partial charge in [0, 0.05) is 146 Å². The van der Waals surface area contributed by atoms with Crippen molar-refractivity contribution >= 4 is 88.4 Å². The average molecular weight is 1140 g/mol. The zero-order valence-electron chi connectivity index (χ0n) is 49.6. The number of aromatic amines is 2. The predicted octanol–water partition coefficient (Wildman–Crippen LogP) is 13.3. The SMILES string of the molecule is CN(CCC#N)c1c(-c2ccccc2)c2c(c3c4ccccc4n(C)c13)C(=O)NC2.CN(CCCN)c1c(-c2ccccc2)c2c(c3c1[nH]c1ccccc13)CNC2.CN(CCCN)c1c(-c2ccccc2)c2c(c3c1[nH]c1ccccc13)CNC2. The molecule has 3 aromatic heterocycles. The van der Waals surface area contributed by atoms with E-state index in [0.29, 0.717) is 32.6 Å². The van der Waals surface area contributed by atoms with E-state index >= 15 is 0 Å². The van der Waals surface area contributed by atoms with E-state index < -0.39 is 0 Å². The van der Waals surface area contributed by atoms with E-state index in [-0.39, 0.29) is 5.91 Å². The Morgan fingerprint density at radius 1 is 0.477 bits per heavy atom. The third kappa shape index (κ3) is 9.65. The average Bonchev–Trinajstić information content (AvgIpc) is 2.17. The van der Waals surface area contributed by atoms with Gasteiger partial charge in [0.15, 0.2) is 0 Å². The molecule has 0 radical (unpaired) electrons. The van der Waals surface area contributed by atoms with Gasteiger partial charge < -0.3 is 56.7 Å². The molecule has 12 aromatic rings. The maximum atomic E-state index is 13.0. The van der Waals surface area contributed by atoms with Gasteiger partial charge in [-0.15, -0.1) is 0 Å². The summed E-state index contributed by atoms with van der Waals surface area (Å²) in [6.45, 7) is 8.06. The summed E-state index contributed by atoms with van der Waals surface area (Å²) >= 11 is 0. The van der Waals surface area contributed by atoms with Crippen molar-refractivity contribution in [3.63, 3.8) is 0 Å². The number of benzene rings is 9. The Kier molecular flexibility index (Phi) is 15.5. The van der Waals surface area contributed by atoms with Gasteiger partial charge in [-0.1, -0.05) is 146 Å². The van der Waals surface area contributed by atoms with Crippen LogP contribution in [0.5, 0.6) is 0 Å². The molecule has 3 aliphatic rings. The third-order valence-electron chi connectivity index (χ3n) is 17.9. The first-order chi connectivity index (χ1) is 42.2. The molecule has 9 N–H and O–H groups in total. The highest BCUT2D eigenvalue weighted by atomic mass is 16.1. The van der Waals surface area contributed by atoms with Crippen molar-refractivity contribution in [3.8, 4) is 39.4 Å². The number of H-pyrrole nitrogens is 2. The molecular weight excluding hydrogens is 1060 g/mol. The molecule has 86 heavy (non-hydrogen) atoms. The first-order valence-electron chi connectivity index (χ1n) is 30.2. The lowest BCUT2D eigenvalue weighted by molar-refractivity contribution is 0.0967. The lowest BCUT2D eigenvalue weighted by atomic mass is 9.90. The highest BCUT2D eigenvalue weighted by molar-refractivity contribution is 6.25.